The summed E-state index contributed by atoms with van der Waals surface area (Å²) in [5.74, 6) is 1.50. The van der Waals surface area contributed by atoms with Gasteiger partial charge in [-0.25, -0.2) is 5.43 Å². The highest BCUT2D eigenvalue weighted by atomic mass is 35.5. The van der Waals surface area contributed by atoms with Crippen molar-refractivity contribution in [3.8, 4) is 17.2 Å². The highest BCUT2D eigenvalue weighted by Gasteiger charge is 2.14. The van der Waals surface area contributed by atoms with Crippen molar-refractivity contribution in [1.29, 1.82) is 0 Å². The molecule has 0 aliphatic carbocycles. The van der Waals surface area contributed by atoms with Crippen LogP contribution in [0, 0.1) is 0 Å². The molecule has 1 aliphatic heterocycles. The van der Waals surface area contributed by atoms with E-state index in [9.17, 15) is 4.79 Å². The Hall–Kier alpha value is -3.51. The first-order chi connectivity index (χ1) is 15.1. The number of benzene rings is 3. The van der Waals surface area contributed by atoms with Gasteiger partial charge in [0, 0.05) is 10.6 Å². The van der Waals surface area contributed by atoms with Gasteiger partial charge < -0.3 is 14.2 Å². The van der Waals surface area contributed by atoms with Gasteiger partial charge in [0.2, 0.25) is 0 Å². The fraction of sp³-hybridized carbons (Fsp3) is 0.167. The zero-order valence-electron chi connectivity index (χ0n) is 16.9. The number of halogens is 1. The minimum absolute atomic E-state index is 0.320. The molecule has 0 unspecified atom stereocenters. The van der Waals surface area contributed by atoms with E-state index in [0.717, 1.165) is 11.1 Å². The summed E-state index contributed by atoms with van der Waals surface area (Å²) in [6.07, 6.45) is 0. The fourth-order valence-corrected chi connectivity index (χ4v) is 3.18. The molecule has 1 aliphatic rings. The Morgan fingerprint density at radius 3 is 2.58 bits per heavy atom. The summed E-state index contributed by atoms with van der Waals surface area (Å²) >= 11 is 5.92. The molecule has 0 saturated carbocycles. The highest BCUT2D eigenvalue weighted by molar-refractivity contribution is 6.30. The first-order valence-corrected chi connectivity index (χ1v) is 10.2. The zero-order chi connectivity index (χ0) is 21.6. The van der Waals surface area contributed by atoms with Crippen molar-refractivity contribution in [3.63, 3.8) is 0 Å². The van der Waals surface area contributed by atoms with E-state index < -0.39 is 0 Å². The number of carbonyl (C=O) groups is 1. The lowest BCUT2D eigenvalue weighted by Crippen LogP contribution is -2.20. The Kier molecular flexibility index (Phi) is 6.38. The van der Waals surface area contributed by atoms with Crippen LogP contribution in [0.25, 0.3) is 0 Å². The number of nitrogens with one attached hydrogen (secondary N) is 1. The van der Waals surface area contributed by atoms with Crippen molar-refractivity contribution in [2.45, 2.75) is 13.5 Å². The van der Waals surface area contributed by atoms with Crippen molar-refractivity contribution in [3.05, 3.63) is 88.4 Å². The van der Waals surface area contributed by atoms with Gasteiger partial charge in [-0.05, 0) is 55.0 Å². The van der Waals surface area contributed by atoms with Crippen LogP contribution in [0.3, 0.4) is 0 Å². The first-order valence-electron chi connectivity index (χ1n) is 9.81. The molecule has 0 atom stereocenters. The molecule has 31 heavy (non-hydrogen) atoms. The van der Waals surface area contributed by atoms with Gasteiger partial charge in [-0.2, -0.15) is 5.10 Å². The molecule has 7 heteroatoms. The van der Waals surface area contributed by atoms with Crippen molar-refractivity contribution >= 4 is 23.2 Å². The largest absolute Gasteiger partial charge is 0.488 e. The second-order valence-corrected chi connectivity index (χ2v) is 7.34. The molecule has 3 aromatic carbocycles. The lowest BCUT2D eigenvalue weighted by Gasteiger charge is -2.18. The Balaban J connectivity index is 1.44. The number of amides is 1. The lowest BCUT2D eigenvalue weighted by atomic mass is 10.1. The van der Waals surface area contributed by atoms with Crippen molar-refractivity contribution in [1.82, 2.24) is 5.43 Å². The van der Waals surface area contributed by atoms with Gasteiger partial charge in [-0.1, -0.05) is 35.9 Å². The van der Waals surface area contributed by atoms with Crippen molar-refractivity contribution < 1.29 is 19.0 Å². The third kappa shape index (κ3) is 5.16. The van der Waals surface area contributed by atoms with Gasteiger partial charge in [0.15, 0.2) is 11.5 Å². The second-order valence-electron chi connectivity index (χ2n) is 6.91. The third-order valence-electron chi connectivity index (χ3n) is 4.72. The molecule has 158 valence electrons. The van der Waals surface area contributed by atoms with Crippen LogP contribution in [0.4, 0.5) is 0 Å². The Labute approximate surface area is 185 Å². The number of fused-ring (bicyclic) bond motifs is 1. The molecule has 0 bridgehead atoms. The minimum Gasteiger partial charge on any atom is -0.488 e. The van der Waals surface area contributed by atoms with E-state index in [2.05, 4.69) is 10.5 Å². The fourth-order valence-electron chi connectivity index (χ4n) is 3.05. The second kappa shape index (κ2) is 9.53. The van der Waals surface area contributed by atoms with Crippen LogP contribution in [0.1, 0.15) is 28.4 Å². The van der Waals surface area contributed by atoms with Crippen LogP contribution in [0.15, 0.2) is 71.8 Å². The summed E-state index contributed by atoms with van der Waals surface area (Å²) in [4.78, 5) is 12.7. The first kappa shape index (κ1) is 20.8. The van der Waals surface area contributed by atoms with Gasteiger partial charge in [0.05, 0.1) is 11.3 Å². The van der Waals surface area contributed by atoms with Crippen molar-refractivity contribution in [2.75, 3.05) is 13.2 Å². The van der Waals surface area contributed by atoms with Crippen LogP contribution in [-0.4, -0.2) is 24.8 Å². The summed E-state index contributed by atoms with van der Waals surface area (Å²) < 4.78 is 17.0. The molecule has 0 fully saturated rings. The molecule has 1 amide bonds. The predicted octanol–water partition coefficient (Wildman–Crippen LogP) is 4.84. The Morgan fingerprint density at radius 1 is 1.03 bits per heavy atom. The molecule has 0 radical (unpaired) electrons. The smallest absolute Gasteiger partial charge is 0.275 e. The number of hydrogen-bond donors (Lipinski definition) is 1. The average Bonchev–Trinajstić information content (AvgIpc) is 2.82. The Bertz CT molecular complexity index is 1110. The van der Waals surface area contributed by atoms with Gasteiger partial charge >= 0.3 is 0 Å². The summed E-state index contributed by atoms with van der Waals surface area (Å²) in [6, 6.07) is 20.0. The molecule has 6 nitrogen and oxygen atoms in total. The van der Waals surface area contributed by atoms with Crippen LogP contribution >= 0.6 is 11.6 Å². The predicted molar refractivity (Wildman–Crippen MR) is 119 cm³/mol. The molecular formula is C24H21ClN2O4. The number of nitrogens with zero attached hydrogens (tertiary/aromatic N) is 1. The minimum atomic E-state index is -0.358. The van der Waals surface area contributed by atoms with Gasteiger partial charge in [0.1, 0.15) is 25.6 Å². The highest BCUT2D eigenvalue weighted by Crippen LogP contribution is 2.31. The van der Waals surface area contributed by atoms with E-state index in [1.165, 1.54) is 0 Å². The number of hydrogen-bond acceptors (Lipinski definition) is 5. The number of carbonyl (C=O) groups excluding carboxylic acids is 1. The average molecular weight is 437 g/mol. The maximum Gasteiger partial charge on any atom is 0.275 e. The molecule has 4 rings (SSSR count). The number of para-hydroxylation sites is 1. The maximum absolute atomic E-state index is 12.7. The molecular weight excluding hydrogens is 416 g/mol. The topological polar surface area (TPSA) is 69.2 Å². The quantitative estimate of drug-likeness (QED) is 0.443. The molecule has 3 aromatic rings. The van der Waals surface area contributed by atoms with Crippen LogP contribution in [0.2, 0.25) is 5.02 Å². The SMILES string of the molecule is C/C(=N/NC(=O)c1ccccc1OCc1ccc(Cl)cc1)c1ccc2c(c1)OCCO2. The summed E-state index contributed by atoms with van der Waals surface area (Å²) in [7, 11) is 0. The molecule has 1 heterocycles. The standard InChI is InChI=1S/C24H21ClN2O4/c1-16(18-8-11-22-23(14-18)30-13-12-29-22)26-27-24(28)20-4-2-3-5-21(20)31-15-17-6-9-19(25)10-7-17/h2-11,14H,12-13,15H2,1H3,(H,27,28)/b26-16-. The number of hydrazone groups is 1. The lowest BCUT2D eigenvalue weighted by molar-refractivity contribution is 0.0950. The van der Waals surface area contributed by atoms with Crippen LogP contribution in [-0.2, 0) is 6.61 Å². The van der Waals surface area contributed by atoms with E-state index in [-0.39, 0.29) is 5.91 Å². The monoisotopic (exact) mass is 436 g/mol. The van der Waals surface area contributed by atoms with E-state index >= 15 is 0 Å². The molecule has 1 N–H and O–H groups in total. The van der Waals surface area contributed by atoms with Crippen LogP contribution < -0.4 is 19.6 Å². The van der Waals surface area contributed by atoms with E-state index in [1.54, 1.807) is 30.3 Å². The summed E-state index contributed by atoms with van der Waals surface area (Å²) in [5, 5.41) is 4.90. The van der Waals surface area contributed by atoms with Gasteiger partial charge in [-0.15, -0.1) is 0 Å². The zero-order valence-corrected chi connectivity index (χ0v) is 17.7. The molecule has 0 saturated heterocycles. The Morgan fingerprint density at radius 2 is 1.77 bits per heavy atom. The van der Waals surface area contributed by atoms with E-state index in [4.69, 9.17) is 25.8 Å². The number of ether oxygens (including phenoxy) is 3. The van der Waals surface area contributed by atoms with Gasteiger partial charge in [-0.3, -0.25) is 4.79 Å². The summed E-state index contributed by atoms with van der Waals surface area (Å²) in [6.45, 7) is 3.18. The molecule has 0 spiro atoms. The normalized spacial score (nSPS) is 12.9. The van der Waals surface area contributed by atoms with Gasteiger partial charge in [0.25, 0.3) is 5.91 Å². The van der Waals surface area contributed by atoms with Crippen LogP contribution in [0.5, 0.6) is 17.2 Å². The third-order valence-corrected chi connectivity index (χ3v) is 4.98. The van der Waals surface area contributed by atoms with E-state index in [0.29, 0.717) is 53.4 Å². The molecule has 0 aromatic heterocycles. The maximum atomic E-state index is 12.7. The van der Waals surface area contributed by atoms with Crippen molar-refractivity contribution in [2.24, 2.45) is 5.10 Å². The summed E-state index contributed by atoms with van der Waals surface area (Å²) in [5.41, 5.74) is 5.43. The van der Waals surface area contributed by atoms with E-state index in [1.807, 2.05) is 43.3 Å². The number of rotatable bonds is 6.